The van der Waals surface area contributed by atoms with Crippen molar-refractivity contribution >= 4 is 22.9 Å². The van der Waals surface area contributed by atoms with E-state index in [2.05, 4.69) is 4.98 Å². The summed E-state index contributed by atoms with van der Waals surface area (Å²) in [4.78, 5) is 4.41. The van der Waals surface area contributed by atoms with Crippen LogP contribution in [0.5, 0.6) is 11.5 Å². The number of hydrogen-bond donors (Lipinski definition) is 0. The van der Waals surface area contributed by atoms with E-state index >= 15 is 0 Å². The van der Waals surface area contributed by atoms with Crippen LogP contribution in [0.1, 0.15) is 30.7 Å². The van der Waals surface area contributed by atoms with Crippen LogP contribution < -0.4 is 9.47 Å². The molecule has 0 saturated carbocycles. The highest BCUT2D eigenvalue weighted by atomic mass is 35.5. The fourth-order valence-corrected chi connectivity index (χ4v) is 2.66. The Morgan fingerprint density at radius 2 is 2.16 bits per heavy atom. The first-order valence-electron chi connectivity index (χ1n) is 6.12. The molecule has 0 bridgehead atoms. The third-order valence-electron chi connectivity index (χ3n) is 2.48. The van der Waals surface area contributed by atoms with E-state index in [1.54, 1.807) is 11.3 Å². The zero-order valence-electron chi connectivity index (χ0n) is 10.9. The minimum Gasteiger partial charge on any atom is -0.494 e. The van der Waals surface area contributed by atoms with Crippen molar-refractivity contribution in [2.24, 2.45) is 0 Å². The molecular weight excluding hydrogens is 282 g/mol. The average Bonchev–Trinajstić information content (AvgIpc) is 2.88. The standard InChI is InChI=1S/C14H16ClNO2S/c1-3-17-12-5-4-6-13(7-12)18-10(2)14-16-11(8-15)9-19-14/h4-7,9-10H,3,8H2,1-2H3. The van der Waals surface area contributed by atoms with Gasteiger partial charge in [0.1, 0.15) is 22.6 Å². The van der Waals surface area contributed by atoms with Crippen molar-refractivity contribution in [3.8, 4) is 11.5 Å². The maximum absolute atomic E-state index is 5.87. The number of ether oxygens (including phenoxy) is 2. The van der Waals surface area contributed by atoms with Crippen molar-refractivity contribution in [1.82, 2.24) is 4.98 Å². The van der Waals surface area contributed by atoms with Gasteiger partial charge in [-0.05, 0) is 26.0 Å². The van der Waals surface area contributed by atoms with Gasteiger partial charge in [0.2, 0.25) is 0 Å². The minimum atomic E-state index is -0.0983. The zero-order valence-corrected chi connectivity index (χ0v) is 12.5. The van der Waals surface area contributed by atoms with Crippen molar-refractivity contribution in [2.45, 2.75) is 25.8 Å². The molecule has 0 fully saturated rings. The molecule has 2 aromatic rings. The SMILES string of the molecule is CCOc1cccc(OC(C)c2nc(CCl)cs2)c1. The molecule has 0 radical (unpaired) electrons. The molecule has 0 N–H and O–H groups in total. The molecule has 5 heteroatoms. The highest BCUT2D eigenvalue weighted by molar-refractivity contribution is 7.09. The first-order valence-corrected chi connectivity index (χ1v) is 7.54. The Hall–Kier alpha value is -1.26. The van der Waals surface area contributed by atoms with Crippen LogP contribution in [-0.4, -0.2) is 11.6 Å². The van der Waals surface area contributed by atoms with Crippen LogP contribution in [0.3, 0.4) is 0 Å². The van der Waals surface area contributed by atoms with Crippen LogP contribution >= 0.6 is 22.9 Å². The normalized spacial score (nSPS) is 12.2. The molecule has 102 valence electrons. The van der Waals surface area contributed by atoms with E-state index in [1.165, 1.54) is 0 Å². The Morgan fingerprint density at radius 1 is 1.37 bits per heavy atom. The molecule has 0 saturated heterocycles. The van der Waals surface area contributed by atoms with E-state index in [4.69, 9.17) is 21.1 Å². The molecule has 2 rings (SSSR count). The lowest BCUT2D eigenvalue weighted by Crippen LogP contribution is -2.03. The van der Waals surface area contributed by atoms with Crippen LogP contribution in [0, 0.1) is 0 Å². The lowest BCUT2D eigenvalue weighted by molar-refractivity contribution is 0.224. The number of thiazole rings is 1. The molecule has 0 spiro atoms. The number of nitrogens with zero attached hydrogens (tertiary/aromatic N) is 1. The molecular formula is C14H16ClNO2S. The molecule has 1 aromatic heterocycles. The largest absolute Gasteiger partial charge is 0.494 e. The smallest absolute Gasteiger partial charge is 0.147 e. The zero-order chi connectivity index (χ0) is 13.7. The first-order chi connectivity index (χ1) is 9.22. The topological polar surface area (TPSA) is 31.4 Å². The summed E-state index contributed by atoms with van der Waals surface area (Å²) in [6.07, 6.45) is -0.0983. The second kappa shape index (κ2) is 6.78. The van der Waals surface area contributed by atoms with Crippen LogP contribution in [-0.2, 0) is 5.88 Å². The number of benzene rings is 1. The van der Waals surface area contributed by atoms with Gasteiger partial charge in [-0.25, -0.2) is 4.98 Å². The van der Waals surface area contributed by atoms with Gasteiger partial charge < -0.3 is 9.47 Å². The second-order valence-corrected chi connectivity index (χ2v) is 5.14. The third kappa shape index (κ3) is 3.85. The molecule has 3 nitrogen and oxygen atoms in total. The number of alkyl halides is 1. The molecule has 1 aromatic carbocycles. The summed E-state index contributed by atoms with van der Waals surface area (Å²) in [5.74, 6) is 2.03. The minimum absolute atomic E-state index is 0.0983. The van der Waals surface area contributed by atoms with Gasteiger partial charge in [0.25, 0.3) is 0 Å². The number of aromatic nitrogens is 1. The quantitative estimate of drug-likeness (QED) is 0.740. The predicted octanol–water partition coefficient (Wildman–Crippen LogP) is 4.42. The number of halogens is 1. The van der Waals surface area contributed by atoms with E-state index < -0.39 is 0 Å². The summed E-state index contributed by atoms with van der Waals surface area (Å²) in [6.45, 7) is 4.58. The summed E-state index contributed by atoms with van der Waals surface area (Å²) in [6, 6.07) is 7.63. The van der Waals surface area contributed by atoms with E-state index in [9.17, 15) is 0 Å². The molecule has 0 aliphatic heterocycles. The summed E-state index contributed by atoms with van der Waals surface area (Å²) in [7, 11) is 0. The predicted molar refractivity (Wildman–Crippen MR) is 78.3 cm³/mol. The van der Waals surface area contributed by atoms with Crippen molar-refractivity contribution in [3.05, 3.63) is 40.3 Å². The summed E-state index contributed by atoms with van der Waals surface area (Å²) >= 11 is 7.31. The summed E-state index contributed by atoms with van der Waals surface area (Å²) in [5, 5.41) is 2.89. The van der Waals surface area contributed by atoms with Crippen LogP contribution in [0.2, 0.25) is 0 Å². The molecule has 0 aliphatic rings. The maximum atomic E-state index is 5.87. The average molecular weight is 298 g/mol. The van der Waals surface area contributed by atoms with Crippen LogP contribution in [0.25, 0.3) is 0 Å². The summed E-state index contributed by atoms with van der Waals surface area (Å²) in [5.41, 5.74) is 0.889. The van der Waals surface area contributed by atoms with Gasteiger partial charge in [-0.1, -0.05) is 6.07 Å². The van der Waals surface area contributed by atoms with Crippen molar-refractivity contribution in [1.29, 1.82) is 0 Å². The van der Waals surface area contributed by atoms with Gasteiger partial charge >= 0.3 is 0 Å². The van der Waals surface area contributed by atoms with Crippen LogP contribution in [0.4, 0.5) is 0 Å². The molecule has 1 heterocycles. The molecule has 1 unspecified atom stereocenters. The number of rotatable bonds is 6. The monoisotopic (exact) mass is 297 g/mol. The van der Waals surface area contributed by atoms with Gasteiger partial charge in [-0.2, -0.15) is 0 Å². The van der Waals surface area contributed by atoms with Gasteiger partial charge in [-0.15, -0.1) is 22.9 Å². The van der Waals surface area contributed by atoms with Crippen molar-refractivity contribution < 1.29 is 9.47 Å². The van der Waals surface area contributed by atoms with E-state index in [0.717, 1.165) is 22.2 Å². The third-order valence-corrected chi connectivity index (χ3v) is 3.81. The van der Waals surface area contributed by atoms with E-state index in [0.29, 0.717) is 12.5 Å². The second-order valence-electron chi connectivity index (χ2n) is 3.98. The highest BCUT2D eigenvalue weighted by Crippen LogP contribution is 2.27. The van der Waals surface area contributed by atoms with Gasteiger partial charge in [0.05, 0.1) is 18.2 Å². The Labute approximate surface area is 122 Å². The number of hydrogen-bond acceptors (Lipinski definition) is 4. The Kier molecular flexibility index (Phi) is 5.05. The highest BCUT2D eigenvalue weighted by Gasteiger charge is 2.12. The van der Waals surface area contributed by atoms with Gasteiger partial charge in [0.15, 0.2) is 0 Å². The lowest BCUT2D eigenvalue weighted by atomic mass is 10.3. The Morgan fingerprint density at radius 3 is 2.84 bits per heavy atom. The molecule has 19 heavy (non-hydrogen) atoms. The molecule has 0 aliphatic carbocycles. The maximum Gasteiger partial charge on any atom is 0.147 e. The fraction of sp³-hybridized carbons (Fsp3) is 0.357. The van der Waals surface area contributed by atoms with E-state index in [-0.39, 0.29) is 6.10 Å². The van der Waals surface area contributed by atoms with E-state index in [1.807, 2.05) is 43.5 Å². The van der Waals surface area contributed by atoms with Gasteiger partial charge in [-0.3, -0.25) is 0 Å². The van der Waals surface area contributed by atoms with Crippen LogP contribution in [0.15, 0.2) is 29.6 Å². The lowest BCUT2D eigenvalue weighted by Gasteiger charge is -2.13. The Balaban J connectivity index is 2.05. The van der Waals surface area contributed by atoms with Crippen molar-refractivity contribution in [3.63, 3.8) is 0 Å². The molecule has 1 atom stereocenters. The van der Waals surface area contributed by atoms with Crippen molar-refractivity contribution in [2.75, 3.05) is 6.61 Å². The molecule has 0 amide bonds. The van der Waals surface area contributed by atoms with Gasteiger partial charge in [0, 0.05) is 11.4 Å². The first kappa shape index (κ1) is 14.2. The summed E-state index contributed by atoms with van der Waals surface area (Å²) < 4.78 is 11.3. The fourth-order valence-electron chi connectivity index (χ4n) is 1.63. The Bertz CT molecular complexity index is 530.